The third-order valence-electron chi connectivity index (χ3n) is 3.77. The highest BCUT2D eigenvalue weighted by Crippen LogP contribution is 2.20. The summed E-state index contributed by atoms with van der Waals surface area (Å²) in [6.07, 6.45) is 2.07. The van der Waals surface area contributed by atoms with Crippen LogP contribution in [0.3, 0.4) is 0 Å². The summed E-state index contributed by atoms with van der Waals surface area (Å²) < 4.78 is 13.9. The Hall–Kier alpha value is -0.970. The summed E-state index contributed by atoms with van der Waals surface area (Å²) in [5.74, 6) is -0.118. The lowest BCUT2D eigenvalue weighted by atomic mass is 10.0. The molecule has 1 rings (SSSR count). The fraction of sp³-hybridized carbons (Fsp3) is 0.647. The monoisotopic (exact) mass is 295 g/mol. The lowest BCUT2D eigenvalue weighted by molar-refractivity contribution is 0.230. The molecule has 0 radical (unpaired) electrons. The highest BCUT2D eigenvalue weighted by atomic mass is 19.1. The van der Waals surface area contributed by atoms with Crippen molar-refractivity contribution in [1.82, 2.24) is 15.1 Å². The maximum absolute atomic E-state index is 13.9. The number of benzene rings is 1. The highest BCUT2D eigenvalue weighted by molar-refractivity contribution is 5.21. The maximum Gasteiger partial charge on any atom is 0.127 e. The number of nitrogens with one attached hydrogen (secondary N) is 1. The van der Waals surface area contributed by atoms with Gasteiger partial charge in [-0.15, -0.1) is 0 Å². The first-order valence-corrected chi connectivity index (χ1v) is 7.87. The van der Waals surface area contributed by atoms with Crippen LogP contribution in [-0.4, -0.2) is 57.1 Å². The van der Waals surface area contributed by atoms with Gasteiger partial charge in [0.1, 0.15) is 5.82 Å². The smallest absolute Gasteiger partial charge is 0.127 e. The summed E-state index contributed by atoms with van der Waals surface area (Å²) in [5.41, 5.74) is 0.768. The molecule has 4 heteroatoms. The second-order valence-electron chi connectivity index (χ2n) is 5.80. The van der Waals surface area contributed by atoms with Gasteiger partial charge in [-0.1, -0.05) is 25.1 Å². The molecular formula is C17H30FN3. The number of likely N-dealkylation sites (N-methyl/N-ethyl adjacent to an activating group) is 1. The second-order valence-corrected chi connectivity index (χ2v) is 5.80. The van der Waals surface area contributed by atoms with Gasteiger partial charge < -0.3 is 15.1 Å². The van der Waals surface area contributed by atoms with Crippen molar-refractivity contribution in [2.45, 2.75) is 25.8 Å². The number of rotatable bonds is 10. The fourth-order valence-corrected chi connectivity index (χ4v) is 2.52. The van der Waals surface area contributed by atoms with Crippen molar-refractivity contribution in [1.29, 1.82) is 0 Å². The first-order valence-electron chi connectivity index (χ1n) is 7.87. The van der Waals surface area contributed by atoms with Crippen LogP contribution in [0.2, 0.25) is 0 Å². The molecule has 0 saturated carbocycles. The predicted octanol–water partition coefficient (Wildman–Crippen LogP) is 2.75. The van der Waals surface area contributed by atoms with E-state index in [9.17, 15) is 4.39 Å². The molecule has 0 saturated heterocycles. The summed E-state index contributed by atoms with van der Waals surface area (Å²) in [6.45, 7) is 6.41. The van der Waals surface area contributed by atoms with Gasteiger partial charge in [0.2, 0.25) is 0 Å². The molecule has 3 nitrogen and oxygen atoms in total. The summed E-state index contributed by atoms with van der Waals surface area (Å²) >= 11 is 0. The predicted molar refractivity (Wildman–Crippen MR) is 88.1 cm³/mol. The number of nitrogens with zero attached hydrogens (tertiary/aromatic N) is 2. The number of halogens is 1. The summed E-state index contributed by atoms with van der Waals surface area (Å²) in [5, 5.41) is 3.24. The van der Waals surface area contributed by atoms with Crippen molar-refractivity contribution < 1.29 is 4.39 Å². The zero-order valence-electron chi connectivity index (χ0n) is 13.9. The van der Waals surface area contributed by atoms with E-state index in [1.165, 1.54) is 6.07 Å². The topological polar surface area (TPSA) is 18.5 Å². The van der Waals surface area contributed by atoms with Gasteiger partial charge in [-0.25, -0.2) is 4.39 Å². The van der Waals surface area contributed by atoms with Crippen LogP contribution in [0.5, 0.6) is 0 Å². The van der Waals surface area contributed by atoms with E-state index in [0.29, 0.717) is 0 Å². The quantitative estimate of drug-likeness (QED) is 0.716. The van der Waals surface area contributed by atoms with Gasteiger partial charge in [-0.2, -0.15) is 0 Å². The second kappa shape index (κ2) is 9.87. The van der Waals surface area contributed by atoms with Crippen LogP contribution >= 0.6 is 0 Å². The molecule has 0 aliphatic heterocycles. The average molecular weight is 295 g/mol. The van der Waals surface area contributed by atoms with Crippen LogP contribution in [-0.2, 0) is 0 Å². The Balaban J connectivity index is 2.57. The van der Waals surface area contributed by atoms with E-state index in [-0.39, 0.29) is 11.9 Å². The number of hydrogen-bond donors (Lipinski definition) is 1. The van der Waals surface area contributed by atoms with E-state index in [1.807, 2.05) is 19.2 Å². The van der Waals surface area contributed by atoms with E-state index < -0.39 is 0 Å². The van der Waals surface area contributed by atoms with Gasteiger partial charge >= 0.3 is 0 Å². The standard InChI is InChI=1S/C17H30FN3/c1-5-11-21(14-13-20(3)4)12-10-17(19-2)15-8-6-7-9-16(15)18/h6-9,17,19H,5,10-14H2,1-4H3. The van der Waals surface area contributed by atoms with E-state index in [1.54, 1.807) is 6.07 Å². The van der Waals surface area contributed by atoms with Crippen molar-refractivity contribution in [3.63, 3.8) is 0 Å². The maximum atomic E-state index is 13.9. The van der Waals surface area contributed by atoms with Gasteiger partial charge in [0.25, 0.3) is 0 Å². The molecule has 0 bridgehead atoms. The third-order valence-corrected chi connectivity index (χ3v) is 3.77. The van der Waals surface area contributed by atoms with Crippen LogP contribution in [0, 0.1) is 5.82 Å². The molecule has 0 heterocycles. The minimum absolute atomic E-state index is 0.0740. The third kappa shape index (κ3) is 6.55. The summed E-state index contributed by atoms with van der Waals surface area (Å²) in [7, 11) is 6.10. The van der Waals surface area contributed by atoms with Crippen LogP contribution < -0.4 is 5.32 Å². The molecule has 0 spiro atoms. The van der Waals surface area contributed by atoms with E-state index in [4.69, 9.17) is 0 Å². The van der Waals surface area contributed by atoms with Crippen molar-refractivity contribution in [3.8, 4) is 0 Å². The molecule has 0 aliphatic carbocycles. The van der Waals surface area contributed by atoms with Crippen LogP contribution in [0.25, 0.3) is 0 Å². The highest BCUT2D eigenvalue weighted by Gasteiger charge is 2.15. The summed E-state index contributed by atoms with van der Waals surface area (Å²) in [6, 6.07) is 7.13. The van der Waals surface area contributed by atoms with Crippen molar-refractivity contribution in [3.05, 3.63) is 35.6 Å². The van der Waals surface area contributed by atoms with Gasteiger partial charge in [0.15, 0.2) is 0 Å². The molecule has 0 aromatic heterocycles. The SMILES string of the molecule is CCCN(CCC(NC)c1ccccc1F)CCN(C)C. The normalized spacial score (nSPS) is 13.1. The molecule has 120 valence electrons. The van der Waals surface area contributed by atoms with Gasteiger partial charge in [-0.3, -0.25) is 0 Å². The largest absolute Gasteiger partial charge is 0.313 e. The molecule has 1 atom stereocenters. The molecule has 0 fully saturated rings. The Morgan fingerprint density at radius 3 is 2.38 bits per heavy atom. The lowest BCUT2D eigenvalue weighted by Gasteiger charge is -2.26. The molecular weight excluding hydrogens is 265 g/mol. The van der Waals surface area contributed by atoms with E-state index in [2.05, 4.69) is 36.1 Å². The Kier molecular flexibility index (Phi) is 8.50. The lowest BCUT2D eigenvalue weighted by Crippen LogP contribution is -2.34. The zero-order chi connectivity index (χ0) is 15.7. The fourth-order valence-electron chi connectivity index (χ4n) is 2.52. The van der Waals surface area contributed by atoms with Crippen LogP contribution in [0.15, 0.2) is 24.3 Å². The first kappa shape index (κ1) is 18.1. The Morgan fingerprint density at radius 1 is 1.10 bits per heavy atom. The molecule has 1 aromatic rings. The van der Waals surface area contributed by atoms with E-state index in [0.717, 1.165) is 44.6 Å². The van der Waals surface area contributed by atoms with Gasteiger partial charge in [0.05, 0.1) is 0 Å². The first-order chi connectivity index (χ1) is 10.1. The minimum atomic E-state index is -0.118. The van der Waals surface area contributed by atoms with E-state index >= 15 is 0 Å². The average Bonchev–Trinajstić information content (AvgIpc) is 2.46. The molecule has 1 aromatic carbocycles. The van der Waals surface area contributed by atoms with Gasteiger partial charge in [0, 0.05) is 24.7 Å². The Bertz CT molecular complexity index is 395. The molecule has 1 unspecified atom stereocenters. The molecule has 1 N–H and O–H groups in total. The molecule has 21 heavy (non-hydrogen) atoms. The van der Waals surface area contributed by atoms with Gasteiger partial charge in [-0.05, 0) is 53.1 Å². The van der Waals surface area contributed by atoms with Crippen LogP contribution in [0.4, 0.5) is 4.39 Å². The Labute approximate surface area is 129 Å². The summed E-state index contributed by atoms with van der Waals surface area (Å²) in [4.78, 5) is 4.67. The van der Waals surface area contributed by atoms with Crippen LogP contribution in [0.1, 0.15) is 31.4 Å². The Morgan fingerprint density at radius 2 is 1.81 bits per heavy atom. The van der Waals surface area contributed by atoms with Crippen molar-refractivity contribution >= 4 is 0 Å². The molecule has 0 amide bonds. The van der Waals surface area contributed by atoms with Crippen molar-refractivity contribution in [2.24, 2.45) is 0 Å². The number of hydrogen-bond acceptors (Lipinski definition) is 3. The zero-order valence-corrected chi connectivity index (χ0v) is 13.9. The molecule has 0 aliphatic rings. The van der Waals surface area contributed by atoms with Crippen molar-refractivity contribution in [2.75, 3.05) is 47.3 Å². The minimum Gasteiger partial charge on any atom is -0.313 e.